The number of nitrogens with zero attached hydrogens (tertiary/aromatic N) is 6. The summed E-state index contributed by atoms with van der Waals surface area (Å²) < 4.78 is 18.0. The lowest BCUT2D eigenvalue weighted by Crippen LogP contribution is -2.13. The van der Waals surface area contributed by atoms with Crippen molar-refractivity contribution in [2.24, 2.45) is 0 Å². The summed E-state index contributed by atoms with van der Waals surface area (Å²) in [7, 11) is 0. The van der Waals surface area contributed by atoms with Gasteiger partial charge in [-0.25, -0.2) is 24.3 Å². The van der Waals surface area contributed by atoms with Gasteiger partial charge in [-0.1, -0.05) is 6.92 Å². The van der Waals surface area contributed by atoms with Gasteiger partial charge in [0.05, 0.1) is 35.1 Å². The van der Waals surface area contributed by atoms with Gasteiger partial charge in [-0.15, -0.1) is 0 Å². The van der Waals surface area contributed by atoms with Gasteiger partial charge < -0.3 is 14.5 Å². The van der Waals surface area contributed by atoms with Crippen molar-refractivity contribution in [1.82, 2.24) is 29.1 Å². The minimum atomic E-state index is -0.261. The number of nitrogens with one attached hydrogen (secondary N) is 1. The van der Waals surface area contributed by atoms with Gasteiger partial charge in [0.2, 0.25) is 5.95 Å². The Morgan fingerprint density at radius 3 is 2.72 bits per heavy atom. The second-order valence-electron chi connectivity index (χ2n) is 8.20. The molecule has 32 heavy (non-hydrogen) atoms. The fourth-order valence-corrected chi connectivity index (χ4v) is 4.33. The molecule has 1 aromatic carbocycles. The van der Waals surface area contributed by atoms with Gasteiger partial charge in [0.25, 0.3) is 0 Å². The molecular formula is C24H26FN7. The van der Waals surface area contributed by atoms with E-state index in [0.29, 0.717) is 5.95 Å². The number of fused-ring (bicyclic) bond motifs is 1. The molecule has 0 bridgehead atoms. The molecule has 0 spiro atoms. The van der Waals surface area contributed by atoms with Crippen molar-refractivity contribution in [3.05, 3.63) is 66.4 Å². The third kappa shape index (κ3) is 3.88. The molecule has 8 heteroatoms. The van der Waals surface area contributed by atoms with Crippen molar-refractivity contribution in [1.29, 1.82) is 0 Å². The molecule has 1 N–H and O–H groups in total. The second kappa shape index (κ2) is 8.53. The lowest BCUT2D eigenvalue weighted by Gasteiger charge is -2.18. The number of anilines is 1. The maximum atomic E-state index is 13.6. The van der Waals surface area contributed by atoms with Gasteiger partial charge in [-0.3, -0.25) is 0 Å². The zero-order valence-electron chi connectivity index (χ0n) is 18.3. The van der Waals surface area contributed by atoms with Crippen LogP contribution in [-0.4, -0.2) is 35.6 Å². The average Bonchev–Trinajstić information content (AvgIpc) is 3.49. The normalized spacial score (nSPS) is 15.2. The summed E-state index contributed by atoms with van der Waals surface area (Å²) in [4.78, 5) is 18.5. The number of halogens is 1. The van der Waals surface area contributed by atoms with E-state index in [1.165, 1.54) is 12.1 Å². The standard InChI is InChI=1S/C24H26FN7/c1-3-11-26-24-27-12-10-20(29-24)23-22(17-4-6-18(25)7-5-17)30-21-9-8-19(32(21)23)14-31-13-16(2)28-15-31/h4-7,10,12-13,15,19H,3,8-9,11,14H2,1-2H3,(H,26,27,29). The molecule has 164 valence electrons. The Balaban J connectivity index is 1.62. The van der Waals surface area contributed by atoms with E-state index in [0.717, 1.165) is 66.5 Å². The van der Waals surface area contributed by atoms with Gasteiger partial charge >= 0.3 is 0 Å². The number of aryl methyl sites for hydroxylation is 2. The molecule has 0 saturated heterocycles. The van der Waals surface area contributed by atoms with E-state index in [-0.39, 0.29) is 11.9 Å². The predicted molar refractivity (Wildman–Crippen MR) is 122 cm³/mol. The van der Waals surface area contributed by atoms with Crippen LogP contribution in [0.1, 0.15) is 37.3 Å². The van der Waals surface area contributed by atoms with Crippen molar-refractivity contribution in [3.8, 4) is 22.6 Å². The summed E-state index contributed by atoms with van der Waals surface area (Å²) in [6, 6.07) is 8.67. The van der Waals surface area contributed by atoms with Crippen LogP contribution in [0.25, 0.3) is 22.6 Å². The maximum absolute atomic E-state index is 13.6. The molecule has 1 aliphatic rings. The highest BCUT2D eigenvalue weighted by atomic mass is 19.1. The topological polar surface area (TPSA) is 73.5 Å². The van der Waals surface area contributed by atoms with E-state index in [9.17, 15) is 4.39 Å². The summed E-state index contributed by atoms with van der Waals surface area (Å²) in [6.07, 6.45) is 8.59. The van der Waals surface area contributed by atoms with E-state index in [2.05, 4.69) is 37.5 Å². The lowest BCUT2D eigenvalue weighted by atomic mass is 10.1. The van der Waals surface area contributed by atoms with Crippen LogP contribution < -0.4 is 5.32 Å². The first-order valence-electron chi connectivity index (χ1n) is 11.0. The van der Waals surface area contributed by atoms with E-state index >= 15 is 0 Å². The molecule has 4 aromatic rings. The Bertz CT molecular complexity index is 1230. The predicted octanol–water partition coefficient (Wildman–Crippen LogP) is 4.66. The highest BCUT2D eigenvalue weighted by molar-refractivity contribution is 5.78. The minimum absolute atomic E-state index is 0.234. The van der Waals surface area contributed by atoms with Crippen LogP contribution in [0.2, 0.25) is 0 Å². The van der Waals surface area contributed by atoms with Gasteiger partial charge in [0.15, 0.2) is 0 Å². The van der Waals surface area contributed by atoms with Gasteiger partial charge in [0.1, 0.15) is 11.6 Å². The fourth-order valence-electron chi connectivity index (χ4n) is 4.33. The summed E-state index contributed by atoms with van der Waals surface area (Å²) in [6.45, 7) is 5.72. The molecule has 1 unspecified atom stereocenters. The van der Waals surface area contributed by atoms with Gasteiger partial charge in [-0.05, 0) is 50.1 Å². The molecule has 0 amide bonds. The smallest absolute Gasteiger partial charge is 0.223 e. The zero-order valence-corrected chi connectivity index (χ0v) is 18.3. The number of imidazole rings is 2. The summed E-state index contributed by atoms with van der Waals surface area (Å²) in [5, 5.41) is 3.27. The summed E-state index contributed by atoms with van der Waals surface area (Å²) in [5.74, 6) is 1.37. The number of benzene rings is 1. The highest BCUT2D eigenvalue weighted by Crippen LogP contribution is 2.39. The number of hydrogen-bond acceptors (Lipinski definition) is 5. The maximum Gasteiger partial charge on any atom is 0.223 e. The molecule has 4 heterocycles. The molecular weight excluding hydrogens is 405 g/mol. The largest absolute Gasteiger partial charge is 0.354 e. The third-order valence-corrected chi connectivity index (χ3v) is 5.78. The lowest BCUT2D eigenvalue weighted by molar-refractivity contribution is 0.451. The Morgan fingerprint density at radius 1 is 1.12 bits per heavy atom. The monoisotopic (exact) mass is 431 g/mol. The molecule has 0 saturated carbocycles. The summed E-state index contributed by atoms with van der Waals surface area (Å²) >= 11 is 0. The van der Waals surface area contributed by atoms with Crippen LogP contribution in [0, 0.1) is 12.7 Å². The first-order valence-corrected chi connectivity index (χ1v) is 11.0. The average molecular weight is 432 g/mol. The number of rotatable bonds is 7. The summed E-state index contributed by atoms with van der Waals surface area (Å²) in [5.41, 5.74) is 4.47. The Morgan fingerprint density at radius 2 is 1.97 bits per heavy atom. The van der Waals surface area contributed by atoms with E-state index in [4.69, 9.17) is 9.97 Å². The fraction of sp³-hybridized carbons (Fsp3) is 0.333. The van der Waals surface area contributed by atoms with Crippen LogP contribution in [0.4, 0.5) is 10.3 Å². The SMILES string of the molecule is CCCNc1nccc(-c2c(-c3ccc(F)cc3)nc3n2C(Cn2cnc(C)c2)CC3)n1. The minimum Gasteiger partial charge on any atom is -0.354 e. The quantitative estimate of drug-likeness (QED) is 0.461. The van der Waals surface area contributed by atoms with Crippen molar-refractivity contribution in [2.75, 3.05) is 11.9 Å². The number of aromatic nitrogens is 6. The molecule has 5 rings (SSSR count). The first-order chi connectivity index (χ1) is 15.6. The molecule has 3 aromatic heterocycles. The zero-order chi connectivity index (χ0) is 22.1. The van der Waals surface area contributed by atoms with Crippen molar-refractivity contribution < 1.29 is 4.39 Å². The molecule has 7 nitrogen and oxygen atoms in total. The Kier molecular flexibility index (Phi) is 5.43. The third-order valence-electron chi connectivity index (χ3n) is 5.78. The van der Waals surface area contributed by atoms with E-state index in [1.807, 2.05) is 19.3 Å². The Labute approximate surface area is 186 Å². The van der Waals surface area contributed by atoms with Crippen LogP contribution in [0.3, 0.4) is 0 Å². The van der Waals surface area contributed by atoms with Crippen LogP contribution in [-0.2, 0) is 13.0 Å². The molecule has 0 aliphatic carbocycles. The van der Waals surface area contributed by atoms with Crippen molar-refractivity contribution in [2.45, 2.75) is 45.7 Å². The van der Waals surface area contributed by atoms with Crippen molar-refractivity contribution >= 4 is 5.95 Å². The highest BCUT2D eigenvalue weighted by Gasteiger charge is 2.31. The van der Waals surface area contributed by atoms with Crippen molar-refractivity contribution in [3.63, 3.8) is 0 Å². The first kappa shape index (κ1) is 20.4. The van der Waals surface area contributed by atoms with Crippen LogP contribution in [0.5, 0.6) is 0 Å². The molecule has 0 fully saturated rings. The number of hydrogen-bond donors (Lipinski definition) is 1. The Hall–Kier alpha value is -3.55. The van der Waals surface area contributed by atoms with Gasteiger partial charge in [-0.2, -0.15) is 0 Å². The molecule has 1 atom stereocenters. The van der Waals surface area contributed by atoms with E-state index in [1.54, 1.807) is 18.3 Å². The second-order valence-corrected chi connectivity index (χ2v) is 8.20. The molecule has 0 radical (unpaired) electrons. The van der Waals surface area contributed by atoms with Crippen LogP contribution >= 0.6 is 0 Å². The molecule has 1 aliphatic heterocycles. The van der Waals surface area contributed by atoms with Gasteiger partial charge in [0, 0.05) is 37.5 Å². The van der Waals surface area contributed by atoms with Crippen LogP contribution in [0.15, 0.2) is 49.1 Å². The van der Waals surface area contributed by atoms with E-state index < -0.39 is 0 Å².